The molecule has 1 heterocycles. The number of piperidine rings is 1. The minimum atomic E-state index is -0.222. The van der Waals surface area contributed by atoms with E-state index in [-0.39, 0.29) is 17.1 Å². The smallest absolute Gasteiger partial charge is 0.161 e. The Balaban J connectivity index is 1.67. The van der Waals surface area contributed by atoms with E-state index in [9.17, 15) is 9.90 Å². The fourth-order valence-electron chi connectivity index (χ4n) is 6.63. The van der Waals surface area contributed by atoms with E-state index in [2.05, 4.69) is 24.8 Å². The number of phenolic OH excluding ortho intramolecular Hbond substituents is 1. The summed E-state index contributed by atoms with van der Waals surface area (Å²) in [4.78, 5) is 15.7. The van der Waals surface area contributed by atoms with E-state index in [4.69, 9.17) is 4.74 Å². The summed E-state index contributed by atoms with van der Waals surface area (Å²) in [6.07, 6.45) is 5.27. The van der Waals surface area contributed by atoms with Gasteiger partial charge in [0.25, 0.3) is 0 Å². The van der Waals surface area contributed by atoms with Crippen LogP contribution in [0.2, 0.25) is 0 Å². The predicted molar refractivity (Wildman–Crippen MR) is 104 cm³/mol. The van der Waals surface area contributed by atoms with Crippen LogP contribution in [0, 0.1) is 23.7 Å². The second-order valence-electron chi connectivity index (χ2n) is 9.58. The van der Waals surface area contributed by atoms with Gasteiger partial charge in [-0.15, -0.1) is 0 Å². The average Bonchev–Trinajstić information content (AvgIpc) is 3.46. The van der Waals surface area contributed by atoms with E-state index in [1.54, 1.807) is 7.11 Å². The lowest BCUT2D eigenvalue weighted by atomic mass is 9.47. The fraction of sp³-hybridized carbons (Fsp3) is 0.696. The Labute approximate surface area is 161 Å². The number of benzene rings is 1. The minimum Gasteiger partial charge on any atom is -0.504 e. The SMILES string of the molecule is COc1ccc2c(c1O)C13CCN(CC4CC4)C(C2)C1[C@@H](C)[C@H](C)C(=O)C3. The number of carbonyl (C=O) groups excluding carboxylic acids is 1. The van der Waals surface area contributed by atoms with Crippen LogP contribution >= 0.6 is 0 Å². The molecule has 4 aliphatic rings. The van der Waals surface area contributed by atoms with Gasteiger partial charge >= 0.3 is 0 Å². The van der Waals surface area contributed by atoms with Gasteiger partial charge in [0.15, 0.2) is 11.5 Å². The van der Waals surface area contributed by atoms with Crippen molar-refractivity contribution in [3.8, 4) is 11.5 Å². The molecule has 1 saturated heterocycles. The van der Waals surface area contributed by atoms with E-state index < -0.39 is 0 Å². The molecule has 3 fully saturated rings. The molecule has 4 heteroatoms. The molecule has 0 aromatic heterocycles. The normalized spacial score (nSPS) is 38.3. The van der Waals surface area contributed by atoms with Crippen LogP contribution in [0.1, 0.15) is 50.7 Å². The number of hydrogen-bond acceptors (Lipinski definition) is 4. The number of fused-ring (bicyclic) bond motifs is 1. The second kappa shape index (κ2) is 5.97. The molecular formula is C23H31NO3. The summed E-state index contributed by atoms with van der Waals surface area (Å²) in [5, 5.41) is 11.1. The standard InChI is InChI=1S/C23H31NO3/c1-13-14(2)20-17-10-16-6-7-19(27-3)22(26)21(16)23(20,11-18(13)25)8-9-24(17)12-15-4-5-15/h6-7,13-15,17,20,26H,4-5,8-12H2,1-3H3/t13-,14-,17?,20?,23?/m0/s1. The first-order chi connectivity index (χ1) is 13.0. The largest absolute Gasteiger partial charge is 0.504 e. The summed E-state index contributed by atoms with van der Waals surface area (Å²) < 4.78 is 5.44. The lowest BCUT2D eigenvalue weighted by Crippen LogP contribution is -2.65. The molecule has 3 unspecified atom stereocenters. The molecule has 146 valence electrons. The molecule has 0 amide bonds. The van der Waals surface area contributed by atoms with Crippen LogP contribution in [0.3, 0.4) is 0 Å². The number of hydrogen-bond donors (Lipinski definition) is 1. The number of ether oxygens (including phenoxy) is 1. The van der Waals surface area contributed by atoms with E-state index in [0.29, 0.717) is 35.8 Å². The van der Waals surface area contributed by atoms with Gasteiger partial charge in [-0.3, -0.25) is 9.69 Å². The molecule has 1 aromatic carbocycles. The zero-order valence-electron chi connectivity index (χ0n) is 16.7. The van der Waals surface area contributed by atoms with Gasteiger partial charge in [-0.05, 0) is 61.6 Å². The van der Waals surface area contributed by atoms with Gasteiger partial charge in [-0.25, -0.2) is 0 Å². The summed E-state index contributed by atoms with van der Waals surface area (Å²) in [5.41, 5.74) is 2.03. The zero-order valence-corrected chi connectivity index (χ0v) is 16.7. The maximum atomic E-state index is 13.0. The number of carbonyl (C=O) groups is 1. The molecule has 0 radical (unpaired) electrons. The number of ketones is 1. The highest BCUT2D eigenvalue weighted by Gasteiger charge is 2.60. The van der Waals surface area contributed by atoms with Crippen molar-refractivity contribution in [2.45, 2.75) is 57.4 Å². The number of likely N-dealkylation sites (tertiary alicyclic amines) is 1. The molecular weight excluding hydrogens is 338 g/mol. The molecule has 5 rings (SSSR count). The van der Waals surface area contributed by atoms with Crippen LogP contribution < -0.4 is 4.74 Å². The van der Waals surface area contributed by atoms with E-state index in [1.807, 2.05) is 6.07 Å². The molecule has 1 N–H and O–H groups in total. The van der Waals surface area contributed by atoms with E-state index in [0.717, 1.165) is 30.9 Å². The Hall–Kier alpha value is -1.55. The zero-order chi connectivity index (χ0) is 18.9. The fourth-order valence-corrected chi connectivity index (χ4v) is 6.63. The summed E-state index contributed by atoms with van der Waals surface area (Å²) >= 11 is 0. The molecule has 4 nitrogen and oxygen atoms in total. The van der Waals surface area contributed by atoms with Crippen molar-refractivity contribution >= 4 is 5.78 Å². The van der Waals surface area contributed by atoms with Crippen LogP contribution in [-0.2, 0) is 16.6 Å². The van der Waals surface area contributed by atoms with Crippen molar-refractivity contribution < 1.29 is 14.6 Å². The number of aromatic hydroxyl groups is 1. The first kappa shape index (κ1) is 17.5. The Bertz CT molecular complexity index is 786. The molecule has 2 saturated carbocycles. The predicted octanol–water partition coefficient (Wildman–Crippen LogP) is 3.54. The van der Waals surface area contributed by atoms with Crippen LogP contribution in [0.15, 0.2) is 12.1 Å². The quantitative estimate of drug-likeness (QED) is 0.885. The van der Waals surface area contributed by atoms with E-state index >= 15 is 0 Å². The van der Waals surface area contributed by atoms with Crippen molar-refractivity contribution in [2.24, 2.45) is 23.7 Å². The van der Waals surface area contributed by atoms with Crippen LogP contribution in [0.5, 0.6) is 11.5 Å². The summed E-state index contributed by atoms with van der Waals surface area (Å²) in [7, 11) is 1.61. The van der Waals surface area contributed by atoms with E-state index in [1.165, 1.54) is 24.9 Å². The average molecular weight is 370 g/mol. The number of phenols is 1. The van der Waals surface area contributed by atoms with Crippen LogP contribution in [0.4, 0.5) is 0 Å². The second-order valence-corrected chi connectivity index (χ2v) is 9.58. The third kappa shape index (κ3) is 2.41. The molecule has 27 heavy (non-hydrogen) atoms. The summed E-state index contributed by atoms with van der Waals surface area (Å²) in [6, 6.07) is 4.51. The Morgan fingerprint density at radius 2 is 2.07 bits per heavy atom. The minimum absolute atomic E-state index is 0.112. The molecule has 1 aromatic rings. The number of rotatable bonds is 3. The lowest BCUT2D eigenvalue weighted by Gasteiger charge is -2.61. The molecule has 1 aliphatic heterocycles. The Morgan fingerprint density at radius 3 is 2.78 bits per heavy atom. The first-order valence-electron chi connectivity index (χ1n) is 10.6. The number of methoxy groups -OCH3 is 1. The number of nitrogens with zero attached hydrogens (tertiary/aromatic N) is 1. The van der Waals surface area contributed by atoms with Crippen molar-refractivity contribution in [2.75, 3.05) is 20.2 Å². The monoisotopic (exact) mass is 369 g/mol. The van der Waals surface area contributed by atoms with Gasteiger partial charge in [0.2, 0.25) is 0 Å². The summed E-state index contributed by atoms with van der Waals surface area (Å²) in [5.74, 6) is 2.95. The van der Waals surface area contributed by atoms with Gasteiger partial charge in [0.1, 0.15) is 5.78 Å². The highest BCUT2D eigenvalue weighted by molar-refractivity contribution is 5.84. The maximum absolute atomic E-state index is 13.0. The Kier molecular flexibility index (Phi) is 3.88. The van der Waals surface area contributed by atoms with Gasteiger partial charge < -0.3 is 9.84 Å². The topological polar surface area (TPSA) is 49.8 Å². The Morgan fingerprint density at radius 1 is 1.30 bits per heavy atom. The van der Waals surface area contributed by atoms with Gasteiger partial charge in [-0.1, -0.05) is 19.9 Å². The lowest BCUT2D eigenvalue weighted by molar-refractivity contribution is -0.138. The van der Waals surface area contributed by atoms with Crippen LogP contribution in [0.25, 0.3) is 0 Å². The van der Waals surface area contributed by atoms with Gasteiger partial charge in [0, 0.05) is 35.9 Å². The van der Waals surface area contributed by atoms with Gasteiger partial charge in [-0.2, -0.15) is 0 Å². The van der Waals surface area contributed by atoms with Crippen LogP contribution in [-0.4, -0.2) is 42.0 Å². The number of Topliss-reactive ketones (excluding diaryl/α,β-unsaturated/α-hetero) is 1. The highest BCUT2D eigenvalue weighted by Crippen LogP contribution is 2.61. The van der Waals surface area contributed by atoms with Crippen molar-refractivity contribution in [1.82, 2.24) is 4.90 Å². The van der Waals surface area contributed by atoms with Crippen molar-refractivity contribution in [3.63, 3.8) is 0 Å². The molecule has 3 aliphatic carbocycles. The molecule has 2 bridgehead atoms. The first-order valence-corrected chi connectivity index (χ1v) is 10.6. The third-order valence-corrected chi connectivity index (χ3v) is 8.28. The van der Waals surface area contributed by atoms with Gasteiger partial charge in [0.05, 0.1) is 7.11 Å². The highest BCUT2D eigenvalue weighted by atomic mass is 16.5. The van der Waals surface area contributed by atoms with Crippen molar-refractivity contribution in [3.05, 3.63) is 23.3 Å². The molecule has 5 atom stereocenters. The molecule has 0 spiro atoms. The van der Waals surface area contributed by atoms with Crippen molar-refractivity contribution in [1.29, 1.82) is 0 Å². The third-order valence-electron chi connectivity index (χ3n) is 8.28. The summed E-state index contributed by atoms with van der Waals surface area (Å²) in [6.45, 7) is 6.64. The maximum Gasteiger partial charge on any atom is 0.161 e.